The number of nitrogens with one attached hydrogen (secondary N) is 1. The van der Waals surface area contributed by atoms with Gasteiger partial charge in [-0.15, -0.1) is 10.2 Å². The second kappa shape index (κ2) is 5.26. The molecule has 0 aliphatic heterocycles. The van der Waals surface area contributed by atoms with Crippen molar-refractivity contribution in [2.24, 2.45) is 0 Å². The first-order valence-electron chi connectivity index (χ1n) is 5.97. The van der Waals surface area contributed by atoms with E-state index in [-0.39, 0.29) is 5.78 Å². The van der Waals surface area contributed by atoms with E-state index in [0.717, 1.165) is 22.2 Å². The summed E-state index contributed by atoms with van der Waals surface area (Å²) < 4.78 is 0.716. The van der Waals surface area contributed by atoms with Crippen LogP contribution in [0.5, 0.6) is 0 Å². The molecular formula is C13H12N4OS2. The topological polar surface area (TPSA) is 84.7 Å². The van der Waals surface area contributed by atoms with E-state index in [9.17, 15) is 4.79 Å². The number of carbonyl (C=O) groups is 1. The Bertz CT molecular complexity index is 778. The summed E-state index contributed by atoms with van der Waals surface area (Å²) in [5.74, 6) is 0.413. The Kier molecular flexibility index (Phi) is 3.45. The van der Waals surface area contributed by atoms with Crippen LogP contribution in [0.3, 0.4) is 0 Å². The molecule has 3 rings (SSSR count). The number of fused-ring (bicyclic) bond motifs is 1. The number of anilines is 1. The van der Waals surface area contributed by atoms with Gasteiger partial charge < -0.3 is 10.7 Å². The van der Waals surface area contributed by atoms with Crippen LogP contribution in [0.2, 0.25) is 0 Å². The number of thioether (sulfide) groups is 1. The second-order valence-electron chi connectivity index (χ2n) is 4.29. The molecule has 2 aromatic heterocycles. The summed E-state index contributed by atoms with van der Waals surface area (Å²) in [5, 5.41) is 9.02. The Morgan fingerprint density at radius 2 is 2.20 bits per heavy atom. The van der Waals surface area contributed by atoms with Gasteiger partial charge in [0.05, 0.1) is 5.75 Å². The Hall–Kier alpha value is -1.86. The Morgan fingerprint density at radius 1 is 1.40 bits per heavy atom. The van der Waals surface area contributed by atoms with Crippen LogP contribution in [0.15, 0.2) is 28.6 Å². The van der Waals surface area contributed by atoms with Crippen molar-refractivity contribution >= 4 is 44.9 Å². The van der Waals surface area contributed by atoms with E-state index < -0.39 is 0 Å². The van der Waals surface area contributed by atoms with Crippen LogP contribution in [0.1, 0.15) is 16.1 Å². The molecule has 0 bridgehead atoms. The van der Waals surface area contributed by atoms with Gasteiger partial charge in [-0.25, -0.2) is 0 Å². The van der Waals surface area contributed by atoms with Gasteiger partial charge in [-0.2, -0.15) is 0 Å². The van der Waals surface area contributed by atoms with Gasteiger partial charge in [0, 0.05) is 22.2 Å². The molecule has 3 aromatic rings. The SMILES string of the molecule is Cc1[nH]c2ccccc2c1C(=O)CSc1nnc(N)s1. The van der Waals surface area contributed by atoms with E-state index in [1.165, 1.54) is 23.1 Å². The third-order valence-corrected chi connectivity index (χ3v) is 4.81. The van der Waals surface area contributed by atoms with Crippen LogP contribution in [-0.2, 0) is 0 Å². The molecule has 0 saturated heterocycles. The Morgan fingerprint density at radius 3 is 2.95 bits per heavy atom. The number of aromatic nitrogens is 3. The van der Waals surface area contributed by atoms with Gasteiger partial charge in [-0.1, -0.05) is 41.3 Å². The molecule has 5 nitrogen and oxygen atoms in total. The molecule has 3 N–H and O–H groups in total. The normalized spacial score (nSPS) is 11.1. The van der Waals surface area contributed by atoms with Crippen LogP contribution in [0.25, 0.3) is 10.9 Å². The van der Waals surface area contributed by atoms with Crippen molar-refractivity contribution < 1.29 is 4.79 Å². The minimum atomic E-state index is 0.0821. The number of aromatic amines is 1. The molecule has 0 spiro atoms. The van der Waals surface area contributed by atoms with Crippen LogP contribution >= 0.6 is 23.1 Å². The molecule has 0 fully saturated rings. The number of carbonyl (C=O) groups excluding carboxylic acids is 1. The summed E-state index contributed by atoms with van der Waals surface area (Å²) in [6.07, 6.45) is 0. The number of rotatable bonds is 4. The fraction of sp³-hybridized carbons (Fsp3) is 0.154. The minimum absolute atomic E-state index is 0.0821. The second-order valence-corrected chi connectivity index (χ2v) is 6.52. The maximum absolute atomic E-state index is 12.4. The fourth-order valence-electron chi connectivity index (χ4n) is 2.11. The number of Topliss-reactive ketones (excluding diaryl/α,β-unsaturated/α-hetero) is 1. The molecule has 0 amide bonds. The van der Waals surface area contributed by atoms with Gasteiger partial charge >= 0.3 is 0 Å². The molecule has 20 heavy (non-hydrogen) atoms. The van der Waals surface area contributed by atoms with Gasteiger partial charge in [0.15, 0.2) is 10.1 Å². The van der Waals surface area contributed by atoms with Crippen molar-refractivity contribution in [3.05, 3.63) is 35.5 Å². The molecule has 0 radical (unpaired) electrons. The molecule has 0 aliphatic carbocycles. The number of H-pyrrole nitrogens is 1. The molecule has 0 unspecified atom stereocenters. The predicted molar refractivity (Wildman–Crippen MR) is 82.4 cm³/mol. The summed E-state index contributed by atoms with van der Waals surface area (Å²) in [7, 11) is 0. The minimum Gasteiger partial charge on any atom is -0.374 e. The number of hydrogen-bond acceptors (Lipinski definition) is 6. The molecule has 0 aliphatic rings. The van der Waals surface area contributed by atoms with E-state index in [0.29, 0.717) is 15.2 Å². The van der Waals surface area contributed by atoms with Crippen molar-refractivity contribution in [2.45, 2.75) is 11.3 Å². The third kappa shape index (κ3) is 2.41. The third-order valence-electron chi connectivity index (χ3n) is 2.92. The highest BCUT2D eigenvalue weighted by molar-refractivity contribution is 8.01. The standard InChI is InChI=1S/C13H12N4OS2/c1-7-11(8-4-2-3-5-9(8)15-7)10(18)6-19-13-17-16-12(14)20-13/h2-5,15H,6H2,1H3,(H2,14,16). The average molecular weight is 304 g/mol. The van der Waals surface area contributed by atoms with Crippen molar-refractivity contribution in [3.8, 4) is 0 Å². The Balaban J connectivity index is 1.83. The van der Waals surface area contributed by atoms with E-state index in [4.69, 9.17) is 5.73 Å². The molecule has 102 valence electrons. The smallest absolute Gasteiger partial charge is 0.203 e. The molecule has 0 saturated carbocycles. The van der Waals surface area contributed by atoms with Crippen molar-refractivity contribution in [1.82, 2.24) is 15.2 Å². The lowest BCUT2D eigenvalue weighted by Gasteiger charge is -1.99. The van der Waals surface area contributed by atoms with Crippen LogP contribution < -0.4 is 5.73 Å². The van der Waals surface area contributed by atoms with Gasteiger partial charge in [0.2, 0.25) is 5.13 Å². The number of nitrogens with zero attached hydrogens (tertiary/aromatic N) is 2. The van der Waals surface area contributed by atoms with Crippen LogP contribution in [-0.4, -0.2) is 26.7 Å². The van der Waals surface area contributed by atoms with E-state index in [1.54, 1.807) is 0 Å². The zero-order chi connectivity index (χ0) is 14.1. The number of para-hydroxylation sites is 1. The highest BCUT2D eigenvalue weighted by Crippen LogP contribution is 2.27. The molecular weight excluding hydrogens is 292 g/mol. The predicted octanol–water partition coefficient (Wildman–Crippen LogP) is 2.89. The number of nitrogen functional groups attached to an aromatic ring is 1. The fourth-order valence-corrected chi connectivity index (χ4v) is 3.62. The van der Waals surface area contributed by atoms with Gasteiger partial charge in [-0.05, 0) is 13.0 Å². The monoisotopic (exact) mass is 304 g/mol. The van der Waals surface area contributed by atoms with Gasteiger partial charge in [0.1, 0.15) is 0 Å². The number of ketones is 1. The van der Waals surface area contributed by atoms with E-state index in [1.807, 2.05) is 31.2 Å². The first-order chi connectivity index (χ1) is 9.65. The molecule has 0 atom stereocenters. The molecule has 7 heteroatoms. The summed E-state index contributed by atoms with van der Waals surface area (Å²) in [4.78, 5) is 15.6. The number of hydrogen-bond donors (Lipinski definition) is 2. The van der Waals surface area contributed by atoms with Crippen LogP contribution in [0.4, 0.5) is 5.13 Å². The van der Waals surface area contributed by atoms with Crippen molar-refractivity contribution in [2.75, 3.05) is 11.5 Å². The van der Waals surface area contributed by atoms with Crippen LogP contribution in [0, 0.1) is 6.92 Å². The summed E-state index contributed by atoms with van der Waals surface area (Å²) >= 11 is 2.66. The quantitative estimate of drug-likeness (QED) is 0.572. The largest absolute Gasteiger partial charge is 0.374 e. The number of nitrogens with two attached hydrogens (primary N) is 1. The van der Waals surface area contributed by atoms with Gasteiger partial charge in [-0.3, -0.25) is 4.79 Å². The van der Waals surface area contributed by atoms with Gasteiger partial charge in [0.25, 0.3) is 0 Å². The highest BCUT2D eigenvalue weighted by atomic mass is 32.2. The van der Waals surface area contributed by atoms with Crippen molar-refractivity contribution in [3.63, 3.8) is 0 Å². The maximum atomic E-state index is 12.4. The highest BCUT2D eigenvalue weighted by Gasteiger charge is 2.16. The lowest BCUT2D eigenvalue weighted by Crippen LogP contribution is -2.03. The number of benzene rings is 1. The first-order valence-corrected chi connectivity index (χ1v) is 7.77. The molecule has 1 aromatic carbocycles. The average Bonchev–Trinajstić information content (AvgIpc) is 2.98. The summed E-state index contributed by atoms with van der Waals surface area (Å²) in [6, 6.07) is 7.81. The lowest BCUT2D eigenvalue weighted by molar-refractivity contribution is 0.102. The zero-order valence-corrected chi connectivity index (χ0v) is 12.3. The maximum Gasteiger partial charge on any atom is 0.203 e. The lowest BCUT2D eigenvalue weighted by atomic mass is 10.1. The zero-order valence-electron chi connectivity index (χ0n) is 10.7. The van der Waals surface area contributed by atoms with Crippen molar-refractivity contribution in [1.29, 1.82) is 0 Å². The molecule has 2 heterocycles. The Labute approximate surface area is 123 Å². The number of aryl methyl sites for hydroxylation is 1. The van der Waals surface area contributed by atoms with E-state index in [2.05, 4.69) is 15.2 Å². The first kappa shape index (κ1) is 13.1. The summed E-state index contributed by atoms with van der Waals surface area (Å²) in [6.45, 7) is 1.92. The van der Waals surface area contributed by atoms with E-state index >= 15 is 0 Å². The summed E-state index contributed by atoms with van der Waals surface area (Å²) in [5.41, 5.74) is 8.16.